The van der Waals surface area contributed by atoms with Gasteiger partial charge in [-0.05, 0) is 38.4 Å². The van der Waals surface area contributed by atoms with Gasteiger partial charge in [-0.15, -0.1) is 0 Å². The topological polar surface area (TPSA) is 117 Å². The van der Waals surface area contributed by atoms with E-state index in [0.717, 1.165) is 50.5 Å². The smallest absolute Gasteiger partial charge is 0.332 e. The van der Waals surface area contributed by atoms with Gasteiger partial charge in [0.25, 0.3) is 0 Å². The zero-order valence-electron chi connectivity index (χ0n) is 20.9. The zero-order valence-corrected chi connectivity index (χ0v) is 20.9. The number of carbonyl (C=O) groups excluding carboxylic acids is 1. The molecule has 11 heteroatoms. The number of benzene rings is 1. The Balaban J connectivity index is 1.34. The van der Waals surface area contributed by atoms with Gasteiger partial charge in [-0.2, -0.15) is 4.98 Å². The van der Waals surface area contributed by atoms with E-state index in [-0.39, 0.29) is 11.6 Å². The fourth-order valence-electron chi connectivity index (χ4n) is 4.40. The Morgan fingerprint density at radius 3 is 2.56 bits per heavy atom. The van der Waals surface area contributed by atoms with Crippen molar-refractivity contribution >= 4 is 35.5 Å². The number of anilines is 4. The van der Waals surface area contributed by atoms with Gasteiger partial charge in [0, 0.05) is 87.1 Å². The molecule has 3 N–H and O–H groups in total. The molecule has 2 fully saturated rings. The Morgan fingerprint density at radius 1 is 1.22 bits per heavy atom. The third-order valence-electron chi connectivity index (χ3n) is 6.75. The van der Waals surface area contributed by atoms with Crippen LogP contribution in [-0.2, 0) is 16.1 Å². The van der Waals surface area contributed by atoms with Crippen LogP contribution in [0.5, 0.6) is 0 Å². The summed E-state index contributed by atoms with van der Waals surface area (Å²) in [4.78, 5) is 40.1. The molecule has 2 aromatic rings. The lowest BCUT2D eigenvalue weighted by atomic mass is 10.1. The molecular weight excluding hydrogens is 460 g/mol. The molecular formula is C25H34N8O3. The van der Waals surface area contributed by atoms with Crippen LogP contribution < -0.4 is 15.5 Å². The van der Waals surface area contributed by atoms with Crippen molar-refractivity contribution in [1.29, 1.82) is 0 Å². The Hall–Kier alpha value is -3.54. The van der Waals surface area contributed by atoms with Crippen molar-refractivity contribution in [2.24, 2.45) is 0 Å². The SMILES string of the molecule is C=C(CN1CC(N(C)Cc2cnc(Nc3ccc(N4CCN(C)CC4)cc3)nc2NC=O)C1)C(=O)O. The van der Waals surface area contributed by atoms with E-state index in [1.54, 1.807) is 6.20 Å². The molecule has 1 amide bonds. The summed E-state index contributed by atoms with van der Waals surface area (Å²) >= 11 is 0. The second-order valence-corrected chi connectivity index (χ2v) is 9.46. The molecule has 3 heterocycles. The third-order valence-corrected chi connectivity index (χ3v) is 6.75. The minimum absolute atomic E-state index is 0.194. The molecule has 11 nitrogen and oxygen atoms in total. The molecule has 1 aromatic carbocycles. The molecule has 0 aliphatic carbocycles. The van der Waals surface area contributed by atoms with Crippen molar-refractivity contribution in [3.8, 4) is 0 Å². The molecule has 192 valence electrons. The standard InChI is InChI=1S/C25H34N8O3/c1-18(24(35)36)13-32-15-22(16-32)31(3)14-19-12-26-25(29-23(19)27-17-34)28-20-4-6-21(7-5-20)33-10-8-30(2)9-11-33/h4-7,12,17,22H,1,8-11,13-16H2,2-3H3,(H,35,36)(H2,26,27,28,29,34). The van der Waals surface area contributed by atoms with Crippen LogP contribution in [0.1, 0.15) is 5.56 Å². The van der Waals surface area contributed by atoms with Crippen LogP contribution in [0.25, 0.3) is 0 Å². The molecule has 0 bridgehead atoms. The van der Waals surface area contributed by atoms with Gasteiger partial charge in [-0.1, -0.05) is 6.58 Å². The zero-order chi connectivity index (χ0) is 25.7. The third kappa shape index (κ3) is 6.36. The number of likely N-dealkylation sites (N-methyl/N-ethyl adjacent to an activating group) is 2. The van der Waals surface area contributed by atoms with Crippen LogP contribution in [0.15, 0.2) is 42.6 Å². The summed E-state index contributed by atoms with van der Waals surface area (Å²) in [5.74, 6) is -0.104. The van der Waals surface area contributed by atoms with E-state index in [4.69, 9.17) is 5.11 Å². The first kappa shape index (κ1) is 25.5. The van der Waals surface area contributed by atoms with Gasteiger partial charge < -0.3 is 25.5 Å². The number of hydrogen-bond acceptors (Lipinski definition) is 9. The molecule has 1 aromatic heterocycles. The van der Waals surface area contributed by atoms with Crippen molar-refractivity contribution in [2.45, 2.75) is 12.6 Å². The molecule has 2 aliphatic rings. The summed E-state index contributed by atoms with van der Waals surface area (Å²) in [5.41, 5.74) is 3.05. The van der Waals surface area contributed by atoms with Gasteiger partial charge in [-0.25, -0.2) is 9.78 Å². The maximum absolute atomic E-state index is 11.2. The summed E-state index contributed by atoms with van der Waals surface area (Å²) in [5, 5.41) is 14.9. The average molecular weight is 495 g/mol. The van der Waals surface area contributed by atoms with E-state index in [1.165, 1.54) is 5.69 Å². The van der Waals surface area contributed by atoms with Crippen molar-refractivity contribution in [2.75, 3.05) is 75.4 Å². The number of aliphatic carboxylic acids is 1. The van der Waals surface area contributed by atoms with Crippen molar-refractivity contribution in [3.05, 3.63) is 48.2 Å². The van der Waals surface area contributed by atoms with E-state index < -0.39 is 5.97 Å². The fourth-order valence-corrected chi connectivity index (χ4v) is 4.40. The number of hydrogen-bond donors (Lipinski definition) is 3. The van der Waals surface area contributed by atoms with Gasteiger partial charge in [0.05, 0.1) is 0 Å². The molecule has 0 atom stereocenters. The number of aromatic nitrogens is 2. The summed E-state index contributed by atoms with van der Waals surface area (Å²) in [7, 11) is 4.14. The Bertz CT molecular complexity index is 1080. The quantitative estimate of drug-likeness (QED) is 0.312. The molecule has 2 saturated heterocycles. The summed E-state index contributed by atoms with van der Waals surface area (Å²) < 4.78 is 0. The van der Waals surface area contributed by atoms with Gasteiger partial charge in [0.2, 0.25) is 12.4 Å². The first-order chi connectivity index (χ1) is 17.3. The van der Waals surface area contributed by atoms with Crippen molar-refractivity contribution < 1.29 is 14.7 Å². The van der Waals surface area contributed by atoms with E-state index in [0.29, 0.717) is 31.3 Å². The van der Waals surface area contributed by atoms with Gasteiger partial charge in [-0.3, -0.25) is 14.6 Å². The highest BCUT2D eigenvalue weighted by Gasteiger charge is 2.31. The second kappa shape index (κ2) is 11.5. The number of nitrogens with one attached hydrogen (secondary N) is 2. The van der Waals surface area contributed by atoms with E-state index >= 15 is 0 Å². The number of nitrogens with zero attached hydrogens (tertiary/aromatic N) is 6. The molecule has 0 spiro atoms. The molecule has 0 unspecified atom stereocenters. The predicted octanol–water partition coefficient (Wildman–Crippen LogP) is 1.30. The van der Waals surface area contributed by atoms with Crippen LogP contribution in [0.3, 0.4) is 0 Å². The lowest BCUT2D eigenvalue weighted by Gasteiger charge is -2.44. The number of carboxylic acid groups (broad SMARTS) is 1. The molecule has 36 heavy (non-hydrogen) atoms. The molecule has 0 saturated carbocycles. The largest absolute Gasteiger partial charge is 0.478 e. The normalized spacial score (nSPS) is 17.0. The monoisotopic (exact) mass is 494 g/mol. The number of carboxylic acids is 1. The van der Waals surface area contributed by atoms with Crippen molar-refractivity contribution in [1.82, 2.24) is 24.7 Å². The minimum atomic E-state index is -0.965. The average Bonchev–Trinajstić information content (AvgIpc) is 2.83. The summed E-state index contributed by atoms with van der Waals surface area (Å²) in [6, 6.07) is 8.47. The number of carbonyl (C=O) groups is 2. The lowest BCUT2D eigenvalue weighted by molar-refractivity contribution is -0.133. The van der Waals surface area contributed by atoms with E-state index in [1.807, 2.05) is 24.1 Å². The molecule has 0 radical (unpaired) electrons. The number of amides is 1. The van der Waals surface area contributed by atoms with Crippen LogP contribution in [0.4, 0.5) is 23.1 Å². The summed E-state index contributed by atoms with van der Waals surface area (Å²) in [6.07, 6.45) is 2.34. The minimum Gasteiger partial charge on any atom is -0.478 e. The number of rotatable bonds is 11. The fraction of sp³-hybridized carbons (Fsp3) is 0.440. The summed E-state index contributed by atoms with van der Waals surface area (Å²) in [6.45, 7) is 10.1. The van der Waals surface area contributed by atoms with Crippen LogP contribution >= 0.6 is 0 Å². The van der Waals surface area contributed by atoms with Crippen molar-refractivity contribution in [3.63, 3.8) is 0 Å². The maximum Gasteiger partial charge on any atom is 0.332 e. The first-order valence-corrected chi connectivity index (χ1v) is 12.0. The highest BCUT2D eigenvalue weighted by molar-refractivity contribution is 5.86. The highest BCUT2D eigenvalue weighted by atomic mass is 16.4. The Kier molecular flexibility index (Phi) is 8.14. The van der Waals surface area contributed by atoms with Crippen LogP contribution in [0, 0.1) is 0 Å². The van der Waals surface area contributed by atoms with Crippen LogP contribution in [0.2, 0.25) is 0 Å². The van der Waals surface area contributed by atoms with Gasteiger partial charge in [0.15, 0.2) is 0 Å². The first-order valence-electron chi connectivity index (χ1n) is 12.0. The number of piperazine rings is 1. The van der Waals surface area contributed by atoms with Gasteiger partial charge in [0.1, 0.15) is 5.82 Å². The Morgan fingerprint density at radius 2 is 1.92 bits per heavy atom. The molecule has 2 aliphatic heterocycles. The second-order valence-electron chi connectivity index (χ2n) is 9.46. The van der Waals surface area contributed by atoms with E-state index in [9.17, 15) is 9.59 Å². The number of likely N-dealkylation sites (tertiary alicyclic amines) is 1. The maximum atomic E-state index is 11.2. The highest BCUT2D eigenvalue weighted by Crippen LogP contribution is 2.24. The molecule has 4 rings (SSSR count). The van der Waals surface area contributed by atoms with Gasteiger partial charge >= 0.3 is 5.97 Å². The van der Waals surface area contributed by atoms with E-state index in [2.05, 4.69) is 61.1 Å². The predicted molar refractivity (Wildman–Crippen MR) is 140 cm³/mol. The Labute approximate surface area is 211 Å². The lowest BCUT2D eigenvalue weighted by Crippen LogP contribution is -2.58. The van der Waals surface area contributed by atoms with Crippen LogP contribution in [-0.4, -0.2) is 108 Å².